The van der Waals surface area contributed by atoms with Gasteiger partial charge in [-0.2, -0.15) is 0 Å². The molecular formula is C54H39N. The molecule has 0 saturated carbocycles. The molecule has 0 fully saturated rings. The van der Waals surface area contributed by atoms with Gasteiger partial charge in [-0.05, 0) is 103 Å². The van der Waals surface area contributed by atoms with Gasteiger partial charge in [0.2, 0.25) is 0 Å². The predicted molar refractivity (Wildman–Crippen MR) is 230 cm³/mol. The summed E-state index contributed by atoms with van der Waals surface area (Å²) in [4.78, 5) is 2.51. The van der Waals surface area contributed by atoms with E-state index in [0.717, 1.165) is 11.4 Å². The van der Waals surface area contributed by atoms with E-state index >= 15 is 0 Å². The minimum atomic E-state index is -0.497. The van der Waals surface area contributed by atoms with Crippen LogP contribution in [0.25, 0.3) is 45.5 Å². The van der Waals surface area contributed by atoms with E-state index in [1.54, 1.807) is 0 Å². The van der Waals surface area contributed by atoms with Crippen molar-refractivity contribution >= 4 is 29.2 Å². The second-order valence-electron chi connectivity index (χ2n) is 15.7. The molecule has 55 heavy (non-hydrogen) atoms. The van der Waals surface area contributed by atoms with Crippen LogP contribution in [0.2, 0.25) is 0 Å². The molecule has 8 aromatic carbocycles. The van der Waals surface area contributed by atoms with Crippen molar-refractivity contribution in [3.05, 3.63) is 233 Å². The number of fused-ring (bicyclic) bond motifs is 12. The lowest BCUT2D eigenvalue weighted by Crippen LogP contribution is -2.30. The van der Waals surface area contributed by atoms with Crippen molar-refractivity contribution < 1.29 is 0 Å². The van der Waals surface area contributed by atoms with Gasteiger partial charge in [-0.3, -0.25) is 0 Å². The normalized spacial score (nSPS) is 14.6. The average molecular weight is 702 g/mol. The van der Waals surface area contributed by atoms with Gasteiger partial charge in [0.15, 0.2) is 0 Å². The van der Waals surface area contributed by atoms with Gasteiger partial charge in [0.25, 0.3) is 0 Å². The van der Waals surface area contributed by atoms with E-state index in [1.165, 1.54) is 83.6 Å². The summed E-state index contributed by atoms with van der Waals surface area (Å²) < 4.78 is 0. The van der Waals surface area contributed by atoms with Gasteiger partial charge in [0.05, 0.1) is 11.1 Å². The lowest BCUT2D eigenvalue weighted by atomic mass is 9.66. The number of rotatable bonds is 4. The third-order valence-electron chi connectivity index (χ3n) is 12.5. The maximum absolute atomic E-state index is 2.51. The molecule has 11 rings (SSSR count). The van der Waals surface area contributed by atoms with Crippen molar-refractivity contribution in [2.75, 3.05) is 4.90 Å². The zero-order chi connectivity index (χ0) is 36.7. The van der Waals surface area contributed by atoms with Crippen LogP contribution in [-0.4, -0.2) is 0 Å². The molecule has 0 bridgehead atoms. The molecule has 3 aliphatic rings. The first kappa shape index (κ1) is 31.8. The summed E-state index contributed by atoms with van der Waals surface area (Å²) in [6.07, 6.45) is 4.61. The Morgan fingerprint density at radius 2 is 0.891 bits per heavy atom. The van der Waals surface area contributed by atoms with Crippen LogP contribution in [0.5, 0.6) is 0 Å². The largest absolute Gasteiger partial charge is 0.310 e. The Balaban J connectivity index is 1.20. The van der Waals surface area contributed by atoms with E-state index in [2.05, 4.69) is 219 Å². The Bertz CT molecular complexity index is 2790. The molecule has 260 valence electrons. The number of benzene rings is 8. The van der Waals surface area contributed by atoms with Gasteiger partial charge in [-0.15, -0.1) is 0 Å². The molecule has 1 heteroatoms. The van der Waals surface area contributed by atoms with Crippen LogP contribution in [0.3, 0.4) is 0 Å². The van der Waals surface area contributed by atoms with Crippen LogP contribution in [0.1, 0.15) is 58.4 Å². The second kappa shape index (κ2) is 11.9. The molecule has 0 heterocycles. The number of hydrogen-bond donors (Lipinski definition) is 0. The number of nitrogens with zero attached hydrogens (tertiary/aromatic N) is 1. The van der Waals surface area contributed by atoms with Gasteiger partial charge in [-0.1, -0.05) is 184 Å². The maximum Gasteiger partial charge on any atom is 0.0725 e. The highest BCUT2D eigenvalue weighted by molar-refractivity contribution is 5.99. The zero-order valence-electron chi connectivity index (χ0n) is 31.0. The fourth-order valence-electron chi connectivity index (χ4n) is 10.1. The van der Waals surface area contributed by atoms with E-state index in [4.69, 9.17) is 0 Å². The number of anilines is 3. The molecule has 0 radical (unpaired) electrons. The lowest BCUT2D eigenvalue weighted by molar-refractivity contribution is 0.660. The molecule has 1 spiro atoms. The zero-order valence-corrected chi connectivity index (χ0v) is 31.0. The summed E-state index contributed by atoms with van der Waals surface area (Å²) in [5.74, 6) is 0. The van der Waals surface area contributed by atoms with Crippen LogP contribution in [0, 0.1) is 0 Å². The van der Waals surface area contributed by atoms with Crippen molar-refractivity contribution in [3.8, 4) is 33.4 Å². The molecule has 0 aromatic heterocycles. The van der Waals surface area contributed by atoms with E-state index < -0.39 is 5.41 Å². The fraction of sp³-hybridized carbons (Fsp3) is 0.0741. The highest BCUT2D eigenvalue weighted by atomic mass is 15.1. The standard InChI is InChI=1S/C54H39N/c1-53(2)47-23-12-8-19-42(47)43-34-33-41(35-50(43)53)55(40-31-29-37(30-32-40)36-15-4-3-5-16-36)51-26-14-25-49-52(51)44-20-9-13-24-48(44)54(49)45-21-10-6-17-38(45)27-28-39-18-7-11-22-46(39)54/h3-35H,1-2H3. The Morgan fingerprint density at radius 1 is 0.364 bits per heavy atom. The Hall–Kier alpha value is -6.70. The highest BCUT2D eigenvalue weighted by Crippen LogP contribution is 2.61. The summed E-state index contributed by atoms with van der Waals surface area (Å²) >= 11 is 0. The second-order valence-corrected chi connectivity index (χ2v) is 15.7. The van der Waals surface area contributed by atoms with Gasteiger partial charge >= 0.3 is 0 Å². The summed E-state index contributed by atoms with van der Waals surface area (Å²) in [5, 5.41) is 0. The number of hydrogen-bond acceptors (Lipinski definition) is 1. The van der Waals surface area contributed by atoms with E-state index in [1.807, 2.05) is 0 Å². The first-order valence-electron chi connectivity index (χ1n) is 19.4. The summed E-state index contributed by atoms with van der Waals surface area (Å²) in [6.45, 7) is 4.74. The van der Waals surface area contributed by atoms with Crippen LogP contribution in [0.15, 0.2) is 188 Å². The first-order valence-corrected chi connectivity index (χ1v) is 19.4. The van der Waals surface area contributed by atoms with E-state index in [9.17, 15) is 0 Å². The monoisotopic (exact) mass is 701 g/mol. The van der Waals surface area contributed by atoms with E-state index in [0.29, 0.717) is 0 Å². The first-order chi connectivity index (χ1) is 27.0. The van der Waals surface area contributed by atoms with Crippen molar-refractivity contribution in [2.45, 2.75) is 24.7 Å². The van der Waals surface area contributed by atoms with Crippen LogP contribution >= 0.6 is 0 Å². The van der Waals surface area contributed by atoms with Crippen molar-refractivity contribution in [1.29, 1.82) is 0 Å². The van der Waals surface area contributed by atoms with Gasteiger partial charge in [0.1, 0.15) is 0 Å². The van der Waals surface area contributed by atoms with Gasteiger partial charge < -0.3 is 4.90 Å². The molecular weight excluding hydrogens is 663 g/mol. The van der Waals surface area contributed by atoms with Crippen molar-refractivity contribution in [2.24, 2.45) is 0 Å². The third kappa shape index (κ3) is 4.47. The topological polar surface area (TPSA) is 3.24 Å². The highest BCUT2D eigenvalue weighted by Gasteiger charge is 2.49. The Kier molecular flexibility index (Phi) is 6.88. The molecule has 3 aliphatic carbocycles. The molecule has 0 N–H and O–H groups in total. The quantitative estimate of drug-likeness (QED) is 0.177. The van der Waals surface area contributed by atoms with Crippen LogP contribution in [-0.2, 0) is 10.8 Å². The molecule has 8 aromatic rings. The lowest BCUT2D eigenvalue weighted by Gasteiger charge is -2.35. The molecule has 0 amide bonds. The van der Waals surface area contributed by atoms with E-state index in [-0.39, 0.29) is 5.41 Å². The van der Waals surface area contributed by atoms with Gasteiger partial charge in [0, 0.05) is 22.4 Å². The maximum atomic E-state index is 2.51. The van der Waals surface area contributed by atoms with Crippen molar-refractivity contribution in [3.63, 3.8) is 0 Å². The molecule has 0 atom stereocenters. The predicted octanol–water partition coefficient (Wildman–Crippen LogP) is 14.0. The average Bonchev–Trinajstić information content (AvgIpc) is 3.60. The Morgan fingerprint density at radius 3 is 1.60 bits per heavy atom. The van der Waals surface area contributed by atoms with Gasteiger partial charge in [-0.25, -0.2) is 0 Å². The molecule has 1 nitrogen and oxygen atoms in total. The SMILES string of the molecule is CC1(C)c2ccccc2-c2ccc(N(c3ccc(-c4ccccc4)cc3)c3cccc4c3-c3ccccc3C43c4ccccc4C=Cc4ccccc43)cc21. The summed E-state index contributed by atoms with van der Waals surface area (Å²) in [6, 6.07) is 70.0. The molecule has 0 aliphatic heterocycles. The fourth-order valence-corrected chi connectivity index (χ4v) is 10.1. The summed E-state index contributed by atoms with van der Waals surface area (Å²) in [5.41, 5.74) is 21.0. The minimum Gasteiger partial charge on any atom is -0.310 e. The van der Waals surface area contributed by atoms with Crippen LogP contribution in [0.4, 0.5) is 17.1 Å². The molecule has 0 unspecified atom stereocenters. The Labute approximate surface area is 323 Å². The van der Waals surface area contributed by atoms with Crippen molar-refractivity contribution in [1.82, 2.24) is 0 Å². The third-order valence-corrected chi connectivity index (χ3v) is 12.5. The minimum absolute atomic E-state index is 0.124. The molecule has 0 saturated heterocycles. The summed E-state index contributed by atoms with van der Waals surface area (Å²) in [7, 11) is 0. The smallest absolute Gasteiger partial charge is 0.0725 e. The van der Waals surface area contributed by atoms with Crippen LogP contribution < -0.4 is 4.90 Å².